The minimum atomic E-state index is 0.0507. The van der Waals surface area contributed by atoms with Crippen LogP contribution in [0, 0.1) is 20.8 Å². The number of likely N-dealkylation sites (N-methyl/N-ethyl adjacent to an activating group) is 1. The summed E-state index contributed by atoms with van der Waals surface area (Å²) >= 11 is 3.24. The molecule has 0 radical (unpaired) electrons. The van der Waals surface area contributed by atoms with Crippen LogP contribution in [0.1, 0.15) is 38.4 Å². The molecule has 2 heterocycles. The standard InChI is InChI=1S/C14H19N3OS2/c1-8-7-15-12(19-8)6-13(18)17(5)10(3)14-9(2)16-11(4)20-14/h7,10H,6H2,1-5H3/t10-/m1/s1. The number of aryl methyl sites for hydroxylation is 3. The van der Waals surface area contributed by atoms with Crippen LogP contribution in [0.2, 0.25) is 0 Å². The predicted octanol–water partition coefficient (Wildman–Crippen LogP) is 3.29. The number of hydrogen-bond acceptors (Lipinski definition) is 5. The Morgan fingerprint density at radius 3 is 2.55 bits per heavy atom. The molecule has 0 fully saturated rings. The number of nitrogens with zero attached hydrogens (tertiary/aromatic N) is 3. The third-order valence-corrected chi connectivity index (χ3v) is 5.42. The van der Waals surface area contributed by atoms with Crippen molar-refractivity contribution in [2.75, 3.05) is 7.05 Å². The molecule has 6 heteroatoms. The Labute approximate surface area is 127 Å². The molecule has 108 valence electrons. The van der Waals surface area contributed by atoms with Crippen molar-refractivity contribution >= 4 is 28.6 Å². The second-order valence-corrected chi connectivity index (χ2v) is 7.46. The van der Waals surface area contributed by atoms with Crippen molar-refractivity contribution in [3.63, 3.8) is 0 Å². The lowest BCUT2D eigenvalue weighted by atomic mass is 10.2. The van der Waals surface area contributed by atoms with E-state index in [0.29, 0.717) is 6.42 Å². The molecule has 4 nitrogen and oxygen atoms in total. The molecule has 0 aromatic carbocycles. The van der Waals surface area contributed by atoms with Crippen molar-refractivity contribution in [2.24, 2.45) is 0 Å². The Kier molecular flexibility index (Phi) is 4.55. The van der Waals surface area contributed by atoms with Gasteiger partial charge in [-0.05, 0) is 27.7 Å². The number of hydrogen-bond donors (Lipinski definition) is 0. The summed E-state index contributed by atoms with van der Waals surface area (Å²) in [5, 5.41) is 1.92. The highest BCUT2D eigenvalue weighted by molar-refractivity contribution is 7.12. The fourth-order valence-electron chi connectivity index (χ4n) is 2.06. The summed E-state index contributed by atoms with van der Waals surface area (Å²) in [5.74, 6) is 0.0947. The third kappa shape index (κ3) is 3.24. The zero-order valence-electron chi connectivity index (χ0n) is 12.4. The summed E-state index contributed by atoms with van der Waals surface area (Å²) in [6, 6.07) is 0.0507. The Balaban J connectivity index is 2.08. The molecule has 0 bridgehead atoms. The first-order valence-electron chi connectivity index (χ1n) is 6.49. The Hall–Kier alpha value is -1.27. The van der Waals surface area contributed by atoms with Crippen LogP contribution in [-0.4, -0.2) is 27.8 Å². The lowest BCUT2D eigenvalue weighted by molar-refractivity contribution is -0.131. The second kappa shape index (κ2) is 6.01. The van der Waals surface area contributed by atoms with Gasteiger partial charge in [0.15, 0.2) is 0 Å². The van der Waals surface area contributed by atoms with Crippen molar-refractivity contribution in [1.29, 1.82) is 0 Å². The number of carbonyl (C=O) groups excluding carboxylic acids is 1. The number of aromatic nitrogens is 2. The Morgan fingerprint density at radius 1 is 1.35 bits per heavy atom. The molecule has 0 unspecified atom stereocenters. The monoisotopic (exact) mass is 309 g/mol. The first-order chi connectivity index (χ1) is 9.38. The third-order valence-electron chi connectivity index (χ3n) is 3.26. The number of amides is 1. The summed E-state index contributed by atoms with van der Waals surface area (Å²) in [6.07, 6.45) is 2.18. The van der Waals surface area contributed by atoms with E-state index in [4.69, 9.17) is 0 Å². The first kappa shape index (κ1) is 15.1. The highest BCUT2D eigenvalue weighted by Crippen LogP contribution is 2.28. The van der Waals surface area contributed by atoms with Gasteiger partial charge in [-0.1, -0.05) is 0 Å². The molecule has 0 spiro atoms. The van der Waals surface area contributed by atoms with Gasteiger partial charge >= 0.3 is 0 Å². The molecule has 0 saturated carbocycles. The van der Waals surface area contributed by atoms with Crippen LogP contribution in [0.4, 0.5) is 0 Å². The minimum Gasteiger partial charge on any atom is -0.338 e. The average molecular weight is 309 g/mol. The smallest absolute Gasteiger partial charge is 0.229 e. The SMILES string of the molecule is Cc1cnc(CC(=O)N(C)[C@H](C)c2sc(C)nc2C)s1. The van der Waals surface area contributed by atoms with Crippen LogP contribution in [0.5, 0.6) is 0 Å². The Morgan fingerprint density at radius 2 is 2.05 bits per heavy atom. The Bertz CT molecular complexity index is 618. The molecule has 0 aliphatic rings. The van der Waals surface area contributed by atoms with Gasteiger partial charge in [-0.25, -0.2) is 9.97 Å². The lowest BCUT2D eigenvalue weighted by Gasteiger charge is -2.24. The zero-order valence-corrected chi connectivity index (χ0v) is 14.1. The maximum absolute atomic E-state index is 12.3. The molecule has 0 saturated heterocycles. The van der Waals surface area contributed by atoms with E-state index in [1.807, 2.05) is 40.9 Å². The average Bonchev–Trinajstić information content (AvgIpc) is 2.93. The molecule has 0 aliphatic heterocycles. The maximum atomic E-state index is 12.3. The number of carbonyl (C=O) groups is 1. The summed E-state index contributed by atoms with van der Waals surface area (Å²) in [4.78, 5) is 25.1. The normalized spacial score (nSPS) is 12.4. The van der Waals surface area contributed by atoms with Gasteiger partial charge in [-0.2, -0.15) is 0 Å². The summed E-state index contributed by atoms with van der Waals surface area (Å²) in [5.41, 5.74) is 1.02. The number of rotatable bonds is 4. The highest BCUT2D eigenvalue weighted by Gasteiger charge is 2.22. The maximum Gasteiger partial charge on any atom is 0.229 e. The fourth-order valence-corrected chi connectivity index (χ4v) is 3.86. The van der Waals surface area contributed by atoms with Crippen LogP contribution >= 0.6 is 22.7 Å². The molecule has 0 aliphatic carbocycles. The van der Waals surface area contributed by atoms with Gasteiger partial charge in [0.05, 0.1) is 23.2 Å². The molecule has 1 atom stereocenters. The van der Waals surface area contributed by atoms with Crippen LogP contribution < -0.4 is 0 Å². The summed E-state index contributed by atoms with van der Waals surface area (Å²) in [7, 11) is 1.85. The van der Waals surface area contributed by atoms with Crippen molar-refractivity contribution in [3.05, 3.63) is 31.7 Å². The molecule has 1 amide bonds. The van der Waals surface area contributed by atoms with E-state index >= 15 is 0 Å². The van der Waals surface area contributed by atoms with Crippen LogP contribution in [0.25, 0.3) is 0 Å². The van der Waals surface area contributed by atoms with E-state index in [9.17, 15) is 4.79 Å². The topological polar surface area (TPSA) is 46.1 Å². The van der Waals surface area contributed by atoms with E-state index in [0.717, 1.165) is 25.5 Å². The summed E-state index contributed by atoms with van der Waals surface area (Å²) < 4.78 is 0. The fraction of sp³-hybridized carbons (Fsp3) is 0.500. The van der Waals surface area contributed by atoms with Crippen molar-refractivity contribution < 1.29 is 4.79 Å². The van der Waals surface area contributed by atoms with Gasteiger partial charge < -0.3 is 4.90 Å². The van der Waals surface area contributed by atoms with Crippen molar-refractivity contribution in [1.82, 2.24) is 14.9 Å². The molecular formula is C14H19N3OS2. The van der Waals surface area contributed by atoms with E-state index in [-0.39, 0.29) is 11.9 Å². The largest absolute Gasteiger partial charge is 0.338 e. The van der Waals surface area contributed by atoms with E-state index in [2.05, 4.69) is 9.97 Å². The van der Waals surface area contributed by atoms with Gasteiger partial charge in [-0.15, -0.1) is 22.7 Å². The van der Waals surface area contributed by atoms with Gasteiger partial charge in [0.25, 0.3) is 0 Å². The van der Waals surface area contributed by atoms with Crippen LogP contribution in [-0.2, 0) is 11.2 Å². The molecule has 2 aromatic rings. The molecular weight excluding hydrogens is 290 g/mol. The van der Waals surface area contributed by atoms with Gasteiger partial charge in [0.2, 0.25) is 5.91 Å². The minimum absolute atomic E-state index is 0.0507. The molecule has 20 heavy (non-hydrogen) atoms. The molecule has 2 rings (SSSR count). The van der Waals surface area contributed by atoms with Crippen molar-refractivity contribution in [2.45, 2.75) is 40.2 Å². The number of thiazole rings is 2. The van der Waals surface area contributed by atoms with Crippen LogP contribution in [0.15, 0.2) is 6.20 Å². The van der Waals surface area contributed by atoms with E-state index in [1.54, 1.807) is 27.6 Å². The van der Waals surface area contributed by atoms with Crippen LogP contribution in [0.3, 0.4) is 0 Å². The predicted molar refractivity (Wildman–Crippen MR) is 83.3 cm³/mol. The van der Waals surface area contributed by atoms with Gasteiger partial charge in [0, 0.05) is 23.0 Å². The van der Waals surface area contributed by atoms with E-state index in [1.165, 1.54) is 0 Å². The van der Waals surface area contributed by atoms with Crippen molar-refractivity contribution in [3.8, 4) is 0 Å². The van der Waals surface area contributed by atoms with Gasteiger partial charge in [-0.3, -0.25) is 4.79 Å². The lowest BCUT2D eigenvalue weighted by Crippen LogP contribution is -2.30. The molecule has 0 N–H and O–H groups in total. The highest BCUT2D eigenvalue weighted by atomic mass is 32.1. The van der Waals surface area contributed by atoms with E-state index < -0.39 is 0 Å². The first-order valence-corrected chi connectivity index (χ1v) is 8.12. The van der Waals surface area contributed by atoms with Gasteiger partial charge in [0.1, 0.15) is 5.01 Å². The molecule has 2 aromatic heterocycles. The second-order valence-electron chi connectivity index (χ2n) is 4.90. The zero-order chi connectivity index (χ0) is 14.9. The summed E-state index contributed by atoms with van der Waals surface area (Å²) in [6.45, 7) is 8.04. The quantitative estimate of drug-likeness (QED) is 0.870.